The first-order chi connectivity index (χ1) is 7.81. The summed E-state index contributed by atoms with van der Waals surface area (Å²) in [5.74, 6) is 1.31. The molecule has 0 aliphatic carbocycles. The number of imidazole rings is 1. The van der Waals surface area contributed by atoms with E-state index in [9.17, 15) is 0 Å². The minimum Gasteiger partial charge on any atom is -0.305 e. The summed E-state index contributed by atoms with van der Waals surface area (Å²) in [5.41, 5.74) is 2.17. The molecule has 0 N–H and O–H groups in total. The monoisotopic (exact) mass is 252 g/mol. The fraction of sp³-hybridized carbons (Fsp3) is 0.417. The molecule has 0 spiro atoms. The van der Waals surface area contributed by atoms with Gasteiger partial charge in [0.25, 0.3) is 0 Å². The van der Waals surface area contributed by atoms with Gasteiger partial charge >= 0.3 is 0 Å². The van der Waals surface area contributed by atoms with Crippen LogP contribution in [0.1, 0.15) is 18.5 Å². The Morgan fingerprint density at radius 1 is 1.44 bits per heavy atom. The molecule has 1 fully saturated rings. The largest absolute Gasteiger partial charge is 0.305 e. The van der Waals surface area contributed by atoms with Gasteiger partial charge in [-0.3, -0.25) is 0 Å². The minimum atomic E-state index is 0.756. The first-order valence-corrected chi connectivity index (χ1v) is 6.99. The van der Waals surface area contributed by atoms with Crippen LogP contribution in [0.25, 0.3) is 5.65 Å². The van der Waals surface area contributed by atoms with Crippen LogP contribution in [0.4, 0.5) is 0 Å². The van der Waals surface area contributed by atoms with E-state index in [0.717, 1.165) is 22.3 Å². The third-order valence-electron chi connectivity index (χ3n) is 2.93. The first kappa shape index (κ1) is 10.5. The highest BCUT2D eigenvalue weighted by Crippen LogP contribution is 2.28. The molecule has 2 nitrogen and oxygen atoms in total. The lowest BCUT2D eigenvalue weighted by Crippen LogP contribution is -2.01. The van der Waals surface area contributed by atoms with E-state index >= 15 is 0 Å². The SMILES string of the molecule is Clc1ccc2nc(CC3CCCS3)cn2c1. The van der Waals surface area contributed by atoms with E-state index in [1.165, 1.54) is 24.3 Å². The van der Waals surface area contributed by atoms with E-state index < -0.39 is 0 Å². The van der Waals surface area contributed by atoms with Crippen molar-refractivity contribution in [1.29, 1.82) is 0 Å². The second-order valence-electron chi connectivity index (χ2n) is 4.18. The van der Waals surface area contributed by atoms with Gasteiger partial charge in [-0.1, -0.05) is 11.6 Å². The van der Waals surface area contributed by atoms with Crippen LogP contribution in [0.5, 0.6) is 0 Å². The van der Waals surface area contributed by atoms with Gasteiger partial charge < -0.3 is 4.40 Å². The maximum absolute atomic E-state index is 5.95. The van der Waals surface area contributed by atoms with E-state index in [4.69, 9.17) is 11.6 Å². The van der Waals surface area contributed by atoms with Crippen LogP contribution in [0.15, 0.2) is 24.5 Å². The third-order valence-corrected chi connectivity index (χ3v) is 4.55. The van der Waals surface area contributed by atoms with Crippen molar-refractivity contribution in [3.63, 3.8) is 0 Å². The van der Waals surface area contributed by atoms with Gasteiger partial charge in [0.15, 0.2) is 0 Å². The minimum absolute atomic E-state index is 0.756. The molecule has 3 heterocycles. The highest BCUT2D eigenvalue weighted by molar-refractivity contribution is 8.00. The molecule has 3 rings (SSSR count). The molecule has 84 valence electrons. The zero-order valence-corrected chi connectivity index (χ0v) is 10.5. The van der Waals surface area contributed by atoms with Crippen LogP contribution >= 0.6 is 23.4 Å². The van der Waals surface area contributed by atoms with E-state index in [1.807, 2.05) is 22.7 Å². The van der Waals surface area contributed by atoms with Crippen molar-refractivity contribution < 1.29 is 0 Å². The predicted octanol–water partition coefficient (Wildman–Crippen LogP) is 3.43. The zero-order valence-electron chi connectivity index (χ0n) is 8.90. The molecule has 1 unspecified atom stereocenters. The van der Waals surface area contributed by atoms with Gasteiger partial charge in [-0.25, -0.2) is 4.98 Å². The topological polar surface area (TPSA) is 17.3 Å². The lowest BCUT2D eigenvalue weighted by molar-refractivity contribution is 0.767. The van der Waals surface area contributed by atoms with Crippen molar-refractivity contribution in [3.05, 3.63) is 35.2 Å². The summed E-state index contributed by atoms with van der Waals surface area (Å²) in [6, 6.07) is 3.85. The second-order valence-corrected chi connectivity index (χ2v) is 6.03. The quantitative estimate of drug-likeness (QED) is 0.815. The number of rotatable bonds is 2. The molecule has 0 amide bonds. The Bertz CT molecular complexity index is 503. The van der Waals surface area contributed by atoms with Crippen molar-refractivity contribution in [2.24, 2.45) is 0 Å². The lowest BCUT2D eigenvalue weighted by Gasteiger charge is -2.03. The maximum atomic E-state index is 5.95. The van der Waals surface area contributed by atoms with Crippen molar-refractivity contribution >= 4 is 29.0 Å². The van der Waals surface area contributed by atoms with Crippen molar-refractivity contribution in [3.8, 4) is 0 Å². The Morgan fingerprint density at radius 3 is 3.19 bits per heavy atom. The summed E-state index contributed by atoms with van der Waals surface area (Å²) in [7, 11) is 0. The summed E-state index contributed by atoms with van der Waals surface area (Å²) in [4.78, 5) is 4.61. The number of aromatic nitrogens is 2. The number of nitrogens with zero attached hydrogens (tertiary/aromatic N) is 2. The van der Waals surface area contributed by atoms with Gasteiger partial charge in [-0.05, 0) is 30.7 Å². The van der Waals surface area contributed by atoms with Gasteiger partial charge in [0, 0.05) is 24.1 Å². The molecule has 1 saturated heterocycles. The molecule has 1 aliphatic heterocycles. The Balaban J connectivity index is 1.86. The molecule has 1 atom stereocenters. The fourth-order valence-electron chi connectivity index (χ4n) is 2.15. The number of fused-ring (bicyclic) bond motifs is 1. The van der Waals surface area contributed by atoms with Gasteiger partial charge in [-0.15, -0.1) is 0 Å². The Labute approximate surface area is 104 Å². The number of hydrogen-bond donors (Lipinski definition) is 0. The standard InChI is InChI=1S/C12H13ClN2S/c13-9-3-4-12-14-10(8-15(12)7-9)6-11-2-1-5-16-11/h3-4,7-8,11H,1-2,5-6H2. The van der Waals surface area contributed by atoms with Gasteiger partial charge in [0.05, 0.1) is 10.7 Å². The number of thioether (sulfide) groups is 1. The van der Waals surface area contributed by atoms with Crippen molar-refractivity contribution in [1.82, 2.24) is 9.38 Å². The maximum Gasteiger partial charge on any atom is 0.137 e. The van der Waals surface area contributed by atoms with E-state index in [-0.39, 0.29) is 0 Å². The molecule has 0 aromatic carbocycles. The molecule has 0 radical (unpaired) electrons. The number of pyridine rings is 1. The zero-order chi connectivity index (χ0) is 11.0. The average molecular weight is 253 g/mol. The summed E-state index contributed by atoms with van der Waals surface area (Å²) in [6.07, 6.45) is 7.78. The Kier molecular flexibility index (Phi) is 2.82. The molecule has 1 aliphatic rings. The van der Waals surface area contributed by atoms with Gasteiger partial charge in [-0.2, -0.15) is 11.8 Å². The molecular formula is C12H13ClN2S. The van der Waals surface area contributed by atoms with Crippen LogP contribution in [0, 0.1) is 0 Å². The van der Waals surface area contributed by atoms with Crippen LogP contribution in [-0.2, 0) is 6.42 Å². The summed E-state index contributed by atoms with van der Waals surface area (Å²) in [6.45, 7) is 0. The van der Waals surface area contributed by atoms with Crippen molar-refractivity contribution in [2.75, 3.05) is 5.75 Å². The highest BCUT2D eigenvalue weighted by atomic mass is 35.5. The molecule has 0 saturated carbocycles. The van der Waals surface area contributed by atoms with Crippen LogP contribution in [0.3, 0.4) is 0 Å². The van der Waals surface area contributed by atoms with Gasteiger partial charge in [0.1, 0.15) is 5.65 Å². The van der Waals surface area contributed by atoms with E-state index in [0.29, 0.717) is 0 Å². The molecule has 2 aromatic heterocycles. The Morgan fingerprint density at radius 2 is 2.38 bits per heavy atom. The third kappa shape index (κ3) is 2.06. The molecule has 4 heteroatoms. The smallest absolute Gasteiger partial charge is 0.137 e. The first-order valence-electron chi connectivity index (χ1n) is 5.56. The van der Waals surface area contributed by atoms with Crippen LogP contribution in [-0.4, -0.2) is 20.4 Å². The Hall–Kier alpha value is -0.670. The number of halogens is 1. The number of hydrogen-bond acceptors (Lipinski definition) is 2. The average Bonchev–Trinajstić information content (AvgIpc) is 2.86. The molecule has 16 heavy (non-hydrogen) atoms. The fourth-order valence-corrected chi connectivity index (χ4v) is 3.61. The lowest BCUT2D eigenvalue weighted by atomic mass is 10.2. The normalized spacial score (nSPS) is 20.7. The van der Waals surface area contributed by atoms with E-state index in [1.54, 1.807) is 0 Å². The summed E-state index contributed by atoms with van der Waals surface area (Å²) >= 11 is 8.02. The van der Waals surface area contributed by atoms with Crippen molar-refractivity contribution in [2.45, 2.75) is 24.5 Å². The van der Waals surface area contributed by atoms with Crippen LogP contribution < -0.4 is 0 Å². The molecule has 2 aromatic rings. The van der Waals surface area contributed by atoms with Crippen LogP contribution in [0.2, 0.25) is 5.02 Å². The highest BCUT2D eigenvalue weighted by Gasteiger charge is 2.17. The molecular weight excluding hydrogens is 240 g/mol. The van der Waals surface area contributed by atoms with E-state index in [2.05, 4.69) is 22.9 Å². The summed E-state index contributed by atoms with van der Waals surface area (Å²) in [5, 5.41) is 1.52. The summed E-state index contributed by atoms with van der Waals surface area (Å²) < 4.78 is 2.01. The van der Waals surface area contributed by atoms with Gasteiger partial charge in [0.2, 0.25) is 0 Å². The predicted molar refractivity (Wildman–Crippen MR) is 69.4 cm³/mol. The second kappa shape index (κ2) is 4.30. The molecule has 0 bridgehead atoms.